The lowest BCUT2D eigenvalue weighted by Gasteiger charge is -2.25. The predicted molar refractivity (Wildman–Crippen MR) is 63.0 cm³/mol. The topological polar surface area (TPSA) is 57.6 Å². The number of carbonyl (C=O) groups excluding carboxylic acids is 1. The van der Waals surface area contributed by atoms with Gasteiger partial charge in [0.1, 0.15) is 6.04 Å². The summed E-state index contributed by atoms with van der Waals surface area (Å²) < 4.78 is 37.4. The number of halogens is 3. The van der Waals surface area contributed by atoms with Gasteiger partial charge in [-0.1, -0.05) is 30.3 Å². The van der Waals surface area contributed by atoms with Crippen LogP contribution >= 0.6 is 0 Å². The van der Waals surface area contributed by atoms with Crippen molar-refractivity contribution in [3.63, 3.8) is 0 Å². The third kappa shape index (κ3) is 2.61. The van der Waals surface area contributed by atoms with Crippen LogP contribution < -0.4 is 0 Å². The second kappa shape index (κ2) is 5.15. The number of aliphatic carboxylic acids is 1. The van der Waals surface area contributed by atoms with Crippen molar-refractivity contribution < 1.29 is 27.9 Å². The number of carboxylic acids is 1. The Kier molecular flexibility index (Phi) is 3.69. The average molecular weight is 287 g/mol. The molecule has 4 nitrogen and oxygen atoms in total. The minimum Gasteiger partial charge on any atom is -0.480 e. The Morgan fingerprint density at radius 3 is 2.30 bits per heavy atom. The molecule has 1 aliphatic rings. The lowest BCUT2D eigenvalue weighted by molar-refractivity contribution is -0.188. The minimum atomic E-state index is -5.06. The van der Waals surface area contributed by atoms with Crippen molar-refractivity contribution in [3.05, 3.63) is 35.9 Å². The van der Waals surface area contributed by atoms with Gasteiger partial charge in [-0.2, -0.15) is 13.2 Å². The third-order valence-electron chi connectivity index (χ3n) is 3.38. The molecule has 0 aromatic heterocycles. The fourth-order valence-corrected chi connectivity index (χ4v) is 2.54. The van der Waals surface area contributed by atoms with E-state index in [-0.39, 0.29) is 13.0 Å². The highest BCUT2D eigenvalue weighted by Crippen LogP contribution is 2.36. The molecular weight excluding hydrogens is 275 g/mol. The van der Waals surface area contributed by atoms with Gasteiger partial charge in [0.2, 0.25) is 0 Å². The second-order valence-electron chi connectivity index (χ2n) is 4.59. The van der Waals surface area contributed by atoms with Crippen LogP contribution in [0.3, 0.4) is 0 Å². The SMILES string of the molecule is O=C(O)[C@@H]1[C@H](c2ccccc2)CCN1C(=O)C(F)(F)F. The van der Waals surface area contributed by atoms with Gasteiger partial charge in [-0.25, -0.2) is 4.79 Å². The normalized spacial score (nSPS) is 22.9. The zero-order valence-electron chi connectivity index (χ0n) is 10.3. The van der Waals surface area contributed by atoms with E-state index < -0.39 is 30.0 Å². The van der Waals surface area contributed by atoms with Gasteiger partial charge in [-0.3, -0.25) is 4.79 Å². The first kappa shape index (κ1) is 14.4. The number of carboxylic acid groups (broad SMARTS) is 1. The maximum Gasteiger partial charge on any atom is 0.471 e. The first-order chi connectivity index (χ1) is 9.32. The number of carbonyl (C=O) groups is 2. The quantitative estimate of drug-likeness (QED) is 0.905. The van der Waals surface area contributed by atoms with Gasteiger partial charge in [0, 0.05) is 12.5 Å². The van der Waals surface area contributed by atoms with Gasteiger partial charge in [-0.15, -0.1) is 0 Å². The highest BCUT2D eigenvalue weighted by atomic mass is 19.4. The Hall–Kier alpha value is -2.05. The summed E-state index contributed by atoms with van der Waals surface area (Å²) in [5.74, 6) is -4.14. The van der Waals surface area contributed by atoms with Crippen LogP contribution in [0.25, 0.3) is 0 Å². The van der Waals surface area contributed by atoms with Crippen LogP contribution in [0.2, 0.25) is 0 Å². The van der Waals surface area contributed by atoms with Crippen LogP contribution in [0.1, 0.15) is 17.9 Å². The maximum atomic E-state index is 12.5. The number of benzene rings is 1. The lowest BCUT2D eigenvalue weighted by atomic mass is 9.92. The van der Waals surface area contributed by atoms with Crippen molar-refractivity contribution >= 4 is 11.9 Å². The van der Waals surface area contributed by atoms with E-state index >= 15 is 0 Å². The number of nitrogens with zero attached hydrogens (tertiary/aromatic N) is 1. The Balaban J connectivity index is 2.31. The summed E-state index contributed by atoms with van der Waals surface area (Å²) in [6.45, 7) is -0.213. The third-order valence-corrected chi connectivity index (χ3v) is 3.38. The number of hydrogen-bond donors (Lipinski definition) is 1. The molecule has 0 spiro atoms. The molecule has 0 bridgehead atoms. The molecule has 7 heteroatoms. The molecule has 1 saturated heterocycles. The molecule has 1 aliphatic heterocycles. The number of alkyl halides is 3. The summed E-state index contributed by atoms with van der Waals surface area (Å²) in [6, 6.07) is 6.92. The molecule has 2 rings (SSSR count). The van der Waals surface area contributed by atoms with Crippen LogP contribution in [0, 0.1) is 0 Å². The Bertz CT molecular complexity index is 515. The minimum absolute atomic E-state index is 0.197. The summed E-state index contributed by atoms with van der Waals surface area (Å²) in [4.78, 5) is 23.0. The number of likely N-dealkylation sites (tertiary alicyclic amines) is 1. The van der Waals surface area contributed by atoms with E-state index in [2.05, 4.69) is 0 Å². The van der Waals surface area contributed by atoms with E-state index in [9.17, 15) is 22.8 Å². The Morgan fingerprint density at radius 2 is 1.80 bits per heavy atom. The number of amides is 1. The van der Waals surface area contributed by atoms with Gasteiger partial charge in [0.25, 0.3) is 0 Å². The van der Waals surface area contributed by atoms with Gasteiger partial charge in [-0.05, 0) is 12.0 Å². The predicted octanol–water partition coefficient (Wildman–Crippen LogP) is 2.02. The van der Waals surface area contributed by atoms with Crippen molar-refractivity contribution in [2.45, 2.75) is 24.6 Å². The number of rotatable bonds is 2. The lowest BCUT2D eigenvalue weighted by Crippen LogP contribution is -2.48. The largest absolute Gasteiger partial charge is 0.480 e. The molecule has 0 aliphatic carbocycles. The molecule has 108 valence electrons. The highest BCUT2D eigenvalue weighted by molar-refractivity contribution is 5.88. The average Bonchev–Trinajstić information content (AvgIpc) is 2.82. The molecule has 0 unspecified atom stereocenters. The fraction of sp³-hybridized carbons (Fsp3) is 0.385. The molecule has 1 heterocycles. The molecule has 1 aromatic rings. The first-order valence-electron chi connectivity index (χ1n) is 5.98. The Morgan fingerprint density at radius 1 is 1.20 bits per heavy atom. The second-order valence-corrected chi connectivity index (χ2v) is 4.59. The van der Waals surface area contributed by atoms with Crippen LogP contribution in [-0.4, -0.2) is 40.6 Å². The van der Waals surface area contributed by atoms with Crippen LogP contribution in [-0.2, 0) is 9.59 Å². The van der Waals surface area contributed by atoms with Crippen LogP contribution in [0.5, 0.6) is 0 Å². The van der Waals surface area contributed by atoms with E-state index in [0.29, 0.717) is 10.5 Å². The fourth-order valence-electron chi connectivity index (χ4n) is 2.54. The molecule has 1 amide bonds. The smallest absolute Gasteiger partial charge is 0.471 e. The monoisotopic (exact) mass is 287 g/mol. The van der Waals surface area contributed by atoms with E-state index in [1.165, 1.54) is 0 Å². The van der Waals surface area contributed by atoms with Crippen molar-refractivity contribution in [3.8, 4) is 0 Å². The van der Waals surface area contributed by atoms with Crippen LogP contribution in [0.4, 0.5) is 13.2 Å². The van der Waals surface area contributed by atoms with Crippen molar-refractivity contribution in [2.75, 3.05) is 6.54 Å². The van der Waals surface area contributed by atoms with E-state index in [1.54, 1.807) is 30.3 Å². The number of hydrogen-bond acceptors (Lipinski definition) is 2. The van der Waals surface area contributed by atoms with Crippen LogP contribution in [0.15, 0.2) is 30.3 Å². The highest BCUT2D eigenvalue weighted by Gasteiger charge is 2.51. The first-order valence-corrected chi connectivity index (χ1v) is 5.98. The van der Waals surface area contributed by atoms with E-state index in [1.807, 2.05) is 0 Å². The molecule has 2 atom stereocenters. The summed E-state index contributed by atoms with van der Waals surface area (Å²) in [5.41, 5.74) is 0.623. The molecule has 1 aromatic carbocycles. The molecule has 0 radical (unpaired) electrons. The molecular formula is C13H12F3NO3. The Labute approximate surface area is 112 Å². The maximum absolute atomic E-state index is 12.5. The van der Waals surface area contributed by atoms with Gasteiger partial charge >= 0.3 is 18.1 Å². The van der Waals surface area contributed by atoms with E-state index in [0.717, 1.165) is 0 Å². The van der Waals surface area contributed by atoms with Crippen molar-refractivity contribution in [1.29, 1.82) is 0 Å². The summed E-state index contributed by atoms with van der Waals surface area (Å²) >= 11 is 0. The van der Waals surface area contributed by atoms with Crippen molar-refractivity contribution in [2.24, 2.45) is 0 Å². The summed E-state index contributed by atoms with van der Waals surface area (Å²) in [6.07, 6.45) is -4.86. The molecule has 1 fully saturated rings. The summed E-state index contributed by atoms with van der Waals surface area (Å²) in [5, 5.41) is 9.17. The van der Waals surface area contributed by atoms with Crippen molar-refractivity contribution in [1.82, 2.24) is 4.90 Å². The summed E-state index contributed by atoms with van der Waals surface area (Å²) in [7, 11) is 0. The van der Waals surface area contributed by atoms with Gasteiger partial charge < -0.3 is 10.0 Å². The van der Waals surface area contributed by atoms with Gasteiger partial charge in [0.15, 0.2) is 0 Å². The standard InChI is InChI=1S/C13H12F3NO3/c14-13(15,16)12(20)17-7-6-9(10(17)11(18)19)8-4-2-1-3-5-8/h1-5,9-10H,6-7H2,(H,18,19)/t9-,10-/m0/s1. The molecule has 0 saturated carbocycles. The zero-order valence-corrected chi connectivity index (χ0v) is 10.3. The zero-order chi connectivity index (χ0) is 14.9. The molecule has 1 N–H and O–H groups in total. The van der Waals surface area contributed by atoms with E-state index in [4.69, 9.17) is 5.11 Å². The van der Waals surface area contributed by atoms with Gasteiger partial charge in [0.05, 0.1) is 0 Å². The molecule has 20 heavy (non-hydrogen) atoms.